The SMILES string of the molecule is CC(C)CCC[C@@H](C)C1CC[C@H]2[C@@H]3CC=C4C[C@@H](OON)CC[C@]4(C)[C@H]3CC[C@]12C. The summed E-state index contributed by atoms with van der Waals surface area (Å²) in [6.07, 6.45) is 17.4. The number of rotatable bonds is 7. The van der Waals surface area contributed by atoms with Crippen molar-refractivity contribution in [2.75, 3.05) is 0 Å². The van der Waals surface area contributed by atoms with Gasteiger partial charge in [0.05, 0.1) is 6.10 Å². The van der Waals surface area contributed by atoms with Gasteiger partial charge in [0.2, 0.25) is 0 Å². The van der Waals surface area contributed by atoms with Gasteiger partial charge >= 0.3 is 0 Å². The Morgan fingerprint density at radius 1 is 1.03 bits per heavy atom. The summed E-state index contributed by atoms with van der Waals surface area (Å²) >= 11 is 0. The van der Waals surface area contributed by atoms with Crippen LogP contribution in [0.4, 0.5) is 0 Å². The molecule has 0 aromatic carbocycles. The molecule has 0 heterocycles. The predicted molar refractivity (Wildman–Crippen MR) is 123 cm³/mol. The Labute approximate surface area is 185 Å². The molecule has 4 rings (SSSR count). The van der Waals surface area contributed by atoms with Gasteiger partial charge in [-0.3, -0.25) is 0 Å². The van der Waals surface area contributed by atoms with Crippen LogP contribution in [-0.2, 0) is 9.88 Å². The molecular weight excluding hydrogens is 370 g/mol. The smallest absolute Gasteiger partial charge is 0.0987 e. The van der Waals surface area contributed by atoms with Gasteiger partial charge in [-0.2, -0.15) is 5.90 Å². The Hall–Kier alpha value is -0.380. The molecule has 0 amide bonds. The van der Waals surface area contributed by atoms with Crippen LogP contribution in [0.5, 0.6) is 0 Å². The van der Waals surface area contributed by atoms with Crippen molar-refractivity contribution in [3.63, 3.8) is 0 Å². The van der Waals surface area contributed by atoms with Gasteiger partial charge in [-0.15, -0.1) is 4.99 Å². The molecule has 4 aliphatic rings. The molecule has 0 bridgehead atoms. The monoisotopic (exact) mass is 417 g/mol. The number of nitrogens with two attached hydrogens (primary N) is 1. The Kier molecular flexibility index (Phi) is 6.74. The van der Waals surface area contributed by atoms with E-state index in [4.69, 9.17) is 10.8 Å². The molecule has 3 saturated carbocycles. The zero-order valence-electron chi connectivity index (χ0n) is 20.3. The summed E-state index contributed by atoms with van der Waals surface area (Å²) in [6.45, 7) is 12.6. The molecular formula is C27H47NO2. The summed E-state index contributed by atoms with van der Waals surface area (Å²) < 4.78 is 0. The second-order valence-corrected chi connectivity index (χ2v) is 12.3. The fraction of sp³-hybridized carbons (Fsp3) is 0.926. The molecule has 172 valence electrons. The highest BCUT2D eigenvalue weighted by molar-refractivity contribution is 5.25. The van der Waals surface area contributed by atoms with Gasteiger partial charge in [0.25, 0.3) is 0 Å². The fourth-order valence-electron chi connectivity index (χ4n) is 8.81. The second kappa shape index (κ2) is 8.87. The van der Waals surface area contributed by atoms with E-state index in [1.54, 1.807) is 5.57 Å². The average Bonchev–Trinajstić information content (AvgIpc) is 3.05. The molecule has 0 saturated heterocycles. The Balaban J connectivity index is 1.47. The molecule has 0 aliphatic heterocycles. The standard InChI is InChI=1S/C27H47NO2/c1-18(2)7-6-8-19(3)23-11-12-24-22-10-9-20-17-21(29-30-28)13-15-26(20,4)25(22)14-16-27(23,24)5/h9,18-19,21-25H,6-8,10-17,28H2,1-5H3/t19-,21+,22+,23?,24+,25+,26+,27-/m1/s1. The quantitative estimate of drug-likeness (QED) is 0.270. The van der Waals surface area contributed by atoms with Crippen LogP contribution in [0.3, 0.4) is 0 Å². The zero-order chi connectivity index (χ0) is 21.5. The molecule has 3 heteroatoms. The van der Waals surface area contributed by atoms with E-state index < -0.39 is 0 Å². The van der Waals surface area contributed by atoms with Crippen LogP contribution in [-0.4, -0.2) is 6.10 Å². The van der Waals surface area contributed by atoms with Crippen molar-refractivity contribution < 1.29 is 9.88 Å². The Morgan fingerprint density at radius 3 is 2.57 bits per heavy atom. The highest BCUT2D eigenvalue weighted by Crippen LogP contribution is 2.67. The molecule has 8 atom stereocenters. The highest BCUT2D eigenvalue weighted by Gasteiger charge is 2.59. The fourth-order valence-corrected chi connectivity index (χ4v) is 8.81. The molecule has 0 aromatic heterocycles. The lowest BCUT2D eigenvalue weighted by atomic mass is 9.47. The van der Waals surface area contributed by atoms with E-state index in [1.165, 1.54) is 57.8 Å². The van der Waals surface area contributed by atoms with Gasteiger partial charge in [-0.25, -0.2) is 4.89 Å². The van der Waals surface area contributed by atoms with Gasteiger partial charge < -0.3 is 0 Å². The van der Waals surface area contributed by atoms with Gasteiger partial charge in [0.1, 0.15) is 0 Å². The molecule has 1 unspecified atom stereocenters. The lowest BCUT2D eigenvalue weighted by Gasteiger charge is -2.58. The van der Waals surface area contributed by atoms with Crippen LogP contribution in [0.2, 0.25) is 0 Å². The lowest BCUT2D eigenvalue weighted by molar-refractivity contribution is -0.333. The third-order valence-corrected chi connectivity index (χ3v) is 10.5. The first-order valence-corrected chi connectivity index (χ1v) is 13.0. The first kappa shape index (κ1) is 22.8. The Bertz CT molecular complexity index is 630. The third kappa shape index (κ3) is 3.92. The topological polar surface area (TPSA) is 44.5 Å². The number of hydrogen-bond donors (Lipinski definition) is 1. The molecule has 0 aromatic rings. The van der Waals surface area contributed by atoms with Crippen LogP contribution in [0.25, 0.3) is 0 Å². The highest BCUT2D eigenvalue weighted by atomic mass is 17.3. The summed E-state index contributed by atoms with van der Waals surface area (Å²) in [4.78, 5) is 9.84. The minimum Gasteiger partial charge on any atom is -0.215 e. The van der Waals surface area contributed by atoms with Crippen LogP contribution in [0.15, 0.2) is 11.6 Å². The predicted octanol–water partition coefficient (Wildman–Crippen LogP) is 7.22. The molecule has 3 fully saturated rings. The van der Waals surface area contributed by atoms with E-state index in [0.717, 1.165) is 48.3 Å². The van der Waals surface area contributed by atoms with Crippen molar-refractivity contribution in [1.82, 2.24) is 0 Å². The summed E-state index contributed by atoms with van der Waals surface area (Å²) in [7, 11) is 0. The molecule has 3 nitrogen and oxygen atoms in total. The average molecular weight is 418 g/mol. The second-order valence-electron chi connectivity index (χ2n) is 12.3. The van der Waals surface area contributed by atoms with Gasteiger partial charge in [-0.1, -0.05) is 65.5 Å². The van der Waals surface area contributed by atoms with E-state index in [9.17, 15) is 0 Å². The molecule has 4 aliphatic carbocycles. The van der Waals surface area contributed by atoms with Gasteiger partial charge in [0, 0.05) is 0 Å². The minimum absolute atomic E-state index is 0.141. The van der Waals surface area contributed by atoms with Crippen molar-refractivity contribution in [3.05, 3.63) is 11.6 Å². The van der Waals surface area contributed by atoms with Crippen LogP contribution < -0.4 is 5.90 Å². The maximum absolute atomic E-state index is 5.32. The van der Waals surface area contributed by atoms with Crippen molar-refractivity contribution in [2.45, 2.75) is 111 Å². The van der Waals surface area contributed by atoms with E-state index in [-0.39, 0.29) is 6.10 Å². The summed E-state index contributed by atoms with van der Waals surface area (Å²) in [5.74, 6) is 10.6. The minimum atomic E-state index is 0.141. The lowest BCUT2D eigenvalue weighted by Crippen LogP contribution is -2.51. The van der Waals surface area contributed by atoms with E-state index in [0.29, 0.717) is 10.8 Å². The van der Waals surface area contributed by atoms with E-state index in [1.807, 2.05) is 0 Å². The number of allylic oxidation sites excluding steroid dienone is 1. The summed E-state index contributed by atoms with van der Waals surface area (Å²) in [6, 6.07) is 0. The number of hydrogen-bond acceptors (Lipinski definition) is 3. The van der Waals surface area contributed by atoms with Gasteiger partial charge in [-0.05, 0) is 97.7 Å². The molecule has 2 N–H and O–H groups in total. The molecule has 0 spiro atoms. The van der Waals surface area contributed by atoms with Crippen LogP contribution >= 0.6 is 0 Å². The molecule has 0 radical (unpaired) electrons. The largest absolute Gasteiger partial charge is 0.215 e. The third-order valence-electron chi connectivity index (χ3n) is 10.5. The van der Waals surface area contributed by atoms with E-state index >= 15 is 0 Å². The normalized spacial score (nSPS) is 44.2. The maximum Gasteiger partial charge on any atom is 0.0987 e. The number of fused-ring (bicyclic) bond motifs is 5. The first-order valence-electron chi connectivity index (χ1n) is 13.0. The van der Waals surface area contributed by atoms with Crippen LogP contribution in [0, 0.1) is 46.3 Å². The maximum atomic E-state index is 5.32. The van der Waals surface area contributed by atoms with Gasteiger partial charge in [0.15, 0.2) is 0 Å². The Morgan fingerprint density at radius 2 is 1.83 bits per heavy atom. The van der Waals surface area contributed by atoms with Crippen molar-refractivity contribution >= 4 is 0 Å². The zero-order valence-corrected chi connectivity index (χ0v) is 20.3. The summed E-state index contributed by atoms with van der Waals surface area (Å²) in [5, 5.41) is 0. The van der Waals surface area contributed by atoms with E-state index in [2.05, 4.69) is 45.7 Å². The van der Waals surface area contributed by atoms with Crippen LogP contribution in [0.1, 0.15) is 105 Å². The van der Waals surface area contributed by atoms with Crippen molar-refractivity contribution in [1.29, 1.82) is 0 Å². The summed E-state index contributed by atoms with van der Waals surface area (Å²) in [5.41, 5.74) is 2.59. The van der Waals surface area contributed by atoms with Crippen molar-refractivity contribution in [2.24, 2.45) is 52.2 Å². The van der Waals surface area contributed by atoms with Crippen molar-refractivity contribution in [3.8, 4) is 0 Å². The first-order chi connectivity index (χ1) is 14.3. The molecule has 30 heavy (non-hydrogen) atoms.